The fourth-order valence-corrected chi connectivity index (χ4v) is 2.67. The normalized spacial score (nSPS) is 13.2. The number of ether oxygens (including phenoxy) is 2. The minimum absolute atomic E-state index is 0.0634. The highest BCUT2D eigenvalue weighted by atomic mass is 16.5. The molecule has 0 aliphatic rings. The Balaban J connectivity index is 1.51. The smallest absolute Gasteiger partial charge is 0.119 e. The first-order valence-corrected chi connectivity index (χ1v) is 9.53. The molecule has 0 aromatic heterocycles. The third-order valence-electron chi connectivity index (χ3n) is 4.39. The number of nitrogens with two attached hydrogens (primary N) is 2. The zero-order valence-corrected chi connectivity index (χ0v) is 16.0. The maximum Gasteiger partial charge on any atom is 0.119 e. The van der Waals surface area contributed by atoms with Crippen LogP contribution in [0.3, 0.4) is 0 Å². The average molecular weight is 357 g/mol. The van der Waals surface area contributed by atoms with Crippen LogP contribution in [0, 0.1) is 0 Å². The molecule has 2 atom stereocenters. The van der Waals surface area contributed by atoms with Crippen LogP contribution in [0.1, 0.15) is 62.7 Å². The zero-order valence-electron chi connectivity index (χ0n) is 16.0. The van der Waals surface area contributed by atoms with Crippen LogP contribution in [0.4, 0.5) is 0 Å². The molecule has 2 aromatic carbocycles. The van der Waals surface area contributed by atoms with E-state index in [1.54, 1.807) is 0 Å². The molecule has 0 amide bonds. The Labute approximate surface area is 157 Å². The zero-order chi connectivity index (χ0) is 18.8. The first-order chi connectivity index (χ1) is 12.6. The van der Waals surface area contributed by atoms with Crippen molar-refractivity contribution in [3.05, 3.63) is 59.7 Å². The van der Waals surface area contributed by atoms with Gasteiger partial charge in [0.15, 0.2) is 0 Å². The molecule has 26 heavy (non-hydrogen) atoms. The Morgan fingerprint density at radius 1 is 0.615 bits per heavy atom. The monoisotopic (exact) mass is 356 g/mol. The number of hydrogen-bond donors (Lipinski definition) is 2. The van der Waals surface area contributed by atoms with Crippen LogP contribution in [0.5, 0.6) is 11.5 Å². The van der Waals surface area contributed by atoms with Crippen LogP contribution in [-0.2, 0) is 0 Å². The van der Waals surface area contributed by atoms with E-state index in [9.17, 15) is 0 Å². The summed E-state index contributed by atoms with van der Waals surface area (Å²) in [6.45, 7) is 5.46. The summed E-state index contributed by atoms with van der Waals surface area (Å²) < 4.78 is 11.5. The standard InChI is InChI=1S/C22H32N2O2/c1-17(23)19-7-11-21(12-8-19)25-15-5-3-4-6-16-26-22-13-9-20(10-14-22)18(2)24/h7-14,17-18H,3-6,15-16,23-24H2,1-2H3. The first kappa shape index (κ1) is 20.3. The van der Waals surface area contributed by atoms with Crippen molar-refractivity contribution in [2.24, 2.45) is 11.5 Å². The van der Waals surface area contributed by atoms with Gasteiger partial charge in [0.2, 0.25) is 0 Å². The van der Waals surface area contributed by atoms with Crippen LogP contribution in [0.2, 0.25) is 0 Å². The van der Waals surface area contributed by atoms with Crippen LogP contribution >= 0.6 is 0 Å². The van der Waals surface area contributed by atoms with E-state index < -0.39 is 0 Å². The molecule has 0 fully saturated rings. The summed E-state index contributed by atoms with van der Waals surface area (Å²) in [6, 6.07) is 16.2. The van der Waals surface area contributed by atoms with Crippen molar-refractivity contribution in [1.82, 2.24) is 0 Å². The lowest BCUT2D eigenvalue weighted by atomic mass is 10.1. The highest BCUT2D eigenvalue weighted by Crippen LogP contribution is 2.17. The number of unbranched alkanes of at least 4 members (excludes halogenated alkanes) is 3. The van der Waals surface area contributed by atoms with E-state index in [0.717, 1.165) is 61.5 Å². The SMILES string of the molecule is CC(N)c1ccc(OCCCCCCOc2ccc(C(C)N)cc2)cc1. The maximum absolute atomic E-state index is 5.84. The second-order valence-corrected chi connectivity index (χ2v) is 6.83. The average Bonchev–Trinajstić information content (AvgIpc) is 2.64. The topological polar surface area (TPSA) is 70.5 Å². The summed E-state index contributed by atoms with van der Waals surface area (Å²) in [5.74, 6) is 1.82. The summed E-state index contributed by atoms with van der Waals surface area (Å²) in [6.07, 6.45) is 4.39. The molecule has 0 aliphatic heterocycles. The van der Waals surface area contributed by atoms with Gasteiger partial charge in [-0.3, -0.25) is 0 Å². The molecule has 142 valence electrons. The fourth-order valence-electron chi connectivity index (χ4n) is 2.67. The van der Waals surface area contributed by atoms with Gasteiger partial charge in [0.25, 0.3) is 0 Å². The number of benzene rings is 2. The van der Waals surface area contributed by atoms with Crippen molar-refractivity contribution >= 4 is 0 Å². The van der Waals surface area contributed by atoms with Gasteiger partial charge in [-0.05, 0) is 74.9 Å². The van der Waals surface area contributed by atoms with Gasteiger partial charge >= 0.3 is 0 Å². The molecule has 0 bridgehead atoms. The molecule has 0 aliphatic carbocycles. The van der Waals surface area contributed by atoms with Crippen LogP contribution in [0.25, 0.3) is 0 Å². The van der Waals surface area contributed by atoms with E-state index in [1.807, 2.05) is 62.4 Å². The van der Waals surface area contributed by atoms with E-state index in [1.165, 1.54) is 0 Å². The molecule has 0 radical (unpaired) electrons. The molecule has 4 nitrogen and oxygen atoms in total. The Hall–Kier alpha value is -2.04. The molecule has 2 unspecified atom stereocenters. The summed E-state index contributed by atoms with van der Waals surface area (Å²) in [4.78, 5) is 0. The minimum Gasteiger partial charge on any atom is -0.494 e. The molecule has 0 saturated heterocycles. The predicted molar refractivity (Wildman–Crippen MR) is 108 cm³/mol. The van der Waals surface area contributed by atoms with Gasteiger partial charge in [-0.2, -0.15) is 0 Å². The lowest BCUT2D eigenvalue weighted by molar-refractivity contribution is 0.287. The Morgan fingerprint density at radius 2 is 0.962 bits per heavy atom. The second-order valence-electron chi connectivity index (χ2n) is 6.83. The molecular weight excluding hydrogens is 324 g/mol. The minimum atomic E-state index is 0.0634. The van der Waals surface area contributed by atoms with Gasteiger partial charge in [0.05, 0.1) is 13.2 Å². The molecule has 0 heterocycles. The van der Waals surface area contributed by atoms with Crippen molar-refractivity contribution in [1.29, 1.82) is 0 Å². The van der Waals surface area contributed by atoms with E-state index in [4.69, 9.17) is 20.9 Å². The van der Waals surface area contributed by atoms with Gasteiger partial charge in [0, 0.05) is 12.1 Å². The molecule has 0 saturated carbocycles. The Kier molecular flexibility index (Phi) is 8.45. The van der Waals surface area contributed by atoms with Crippen molar-refractivity contribution < 1.29 is 9.47 Å². The molecule has 4 N–H and O–H groups in total. The van der Waals surface area contributed by atoms with E-state index in [-0.39, 0.29) is 12.1 Å². The summed E-state index contributed by atoms with van der Waals surface area (Å²) in [5, 5.41) is 0. The molecule has 4 heteroatoms. The van der Waals surface area contributed by atoms with Gasteiger partial charge in [-0.25, -0.2) is 0 Å². The lowest BCUT2D eigenvalue weighted by Crippen LogP contribution is -2.05. The van der Waals surface area contributed by atoms with Crippen LogP contribution in [0.15, 0.2) is 48.5 Å². The quantitative estimate of drug-likeness (QED) is 0.570. The van der Waals surface area contributed by atoms with Crippen LogP contribution < -0.4 is 20.9 Å². The van der Waals surface area contributed by atoms with E-state index >= 15 is 0 Å². The summed E-state index contributed by atoms with van der Waals surface area (Å²) >= 11 is 0. The summed E-state index contributed by atoms with van der Waals surface area (Å²) in [7, 11) is 0. The van der Waals surface area contributed by atoms with Gasteiger partial charge in [-0.1, -0.05) is 24.3 Å². The second kappa shape index (κ2) is 10.8. The lowest BCUT2D eigenvalue weighted by Gasteiger charge is -2.10. The van der Waals surface area contributed by atoms with Crippen molar-refractivity contribution in [3.8, 4) is 11.5 Å². The largest absolute Gasteiger partial charge is 0.494 e. The first-order valence-electron chi connectivity index (χ1n) is 9.53. The Bertz CT molecular complexity index is 564. The third-order valence-corrected chi connectivity index (χ3v) is 4.39. The van der Waals surface area contributed by atoms with Gasteiger partial charge in [0.1, 0.15) is 11.5 Å². The fraction of sp³-hybridized carbons (Fsp3) is 0.455. The third kappa shape index (κ3) is 7.06. The highest BCUT2D eigenvalue weighted by Gasteiger charge is 2.01. The predicted octanol–water partition coefficient (Wildman–Crippen LogP) is 4.74. The molecular formula is C22H32N2O2. The molecule has 0 spiro atoms. The molecule has 2 rings (SSSR count). The van der Waals surface area contributed by atoms with Crippen LogP contribution in [-0.4, -0.2) is 13.2 Å². The summed E-state index contributed by atoms with van der Waals surface area (Å²) in [5.41, 5.74) is 13.9. The Morgan fingerprint density at radius 3 is 1.27 bits per heavy atom. The number of hydrogen-bond acceptors (Lipinski definition) is 4. The van der Waals surface area contributed by atoms with Gasteiger partial charge < -0.3 is 20.9 Å². The molecule has 2 aromatic rings. The van der Waals surface area contributed by atoms with Crippen molar-refractivity contribution in [2.45, 2.75) is 51.6 Å². The van der Waals surface area contributed by atoms with Crippen molar-refractivity contribution in [3.63, 3.8) is 0 Å². The highest BCUT2D eigenvalue weighted by molar-refractivity contribution is 5.29. The van der Waals surface area contributed by atoms with E-state index in [2.05, 4.69) is 0 Å². The van der Waals surface area contributed by atoms with E-state index in [0.29, 0.717) is 0 Å². The van der Waals surface area contributed by atoms with Crippen molar-refractivity contribution in [2.75, 3.05) is 13.2 Å². The van der Waals surface area contributed by atoms with Gasteiger partial charge in [-0.15, -0.1) is 0 Å². The maximum atomic E-state index is 5.84. The number of rotatable bonds is 11.